The van der Waals surface area contributed by atoms with Gasteiger partial charge in [-0.3, -0.25) is 0 Å². The van der Waals surface area contributed by atoms with Gasteiger partial charge in [0, 0.05) is 5.56 Å². The zero-order chi connectivity index (χ0) is 15.7. The van der Waals surface area contributed by atoms with Gasteiger partial charge in [0.1, 0.15) is 5.82 Å². The van der Waals surface area contributed by atoms with Crippen molar-refractivity contribution in [3.05, 3.63) is 83.2 Å². The van der Waals surface area contributed by atoms with Crippen LogP contribution in [0, 0.1) is 26.6 Å². The average molecular weight is 290 g/mol. The predicted molar refractivity (Wildman–Crippen MR) is 91.5 cm³/mol. The molecule has 0 nitrogen and oxygen atoms in total. The lowest BCUT2D eigenvalue weighted by atomic mass is 9.97. The number of hydrogen-bond donors (Lipinski definition) is 0. The molecule has 0 N–H and O–H groups in total. The first-order valence-electron chi connectivity index (χ1n) is 7.49. The fourth-order valence-corrected chi connectivity index (χ4v) is 2.62. The van der Waals surface area contributed by atoms with Gasteiger partial charge in [0.2, 0.25) is 0 Å². The molecule has 0 aliphatic heterocycles. The highest BCUT2D eigenvalue weighted by Crippen LogP contribution is 2.28. The highest BCUT2D eigenvalue weighted by molar-refractivity contribution is 5.71. The zero-order valence-electron chi connectivity index (χ0n) is 13.2. The molecule has 110 valence electrons. The Morgan fingerprint density at radius 3 is 1.86 bits per heavy atom. The largest absolute Gasteiger partial charge is 0.206 e. The molecule has 0 saturated carbocycles. The summed E-state index contributed by atoms with van der Waals surface area (Å²) in [6.45, 7) is 6.13. The lowest BCUT2D eigenvalue weighted by molar-refractivity contribution is 0.630. The van der Waals surface area contributed by atoms with E-state index in [-0.39, 0.29) is 5.82 Å². The minimum absolute atomic E-state index is 0.168. The summed E-state index contributed by atoms with van der Waals surface area (Å²) in [5, 5.41) is 0. The number of aryl methyl sites for hydroxylation is 3. The molecular formula is C21H19F. The molecule has 0 atom stereocenters. The first-order valence-corrected chi connectivity index (χ1v) is 7.49. The van der Waals surface area contributed by atoms with Crippen LogP contribution >= 0.6 is 0 Å². The topological polar surface area (TPSA) is 0 Å². The number of rotatable bonds is 2. The van der Waals surface area contributed by atoms with Crippen molar-refractivity contribution in [2.45, 2.75) is 20.8 Å². The second kappa shape index (κ2) is 5.76. The van der Waals surface area contributed by atoms with E-state index < -0.39 is 0 Å². The molecule has 0 bridgehead atoms. The second-order valence-electron chi connectivity index (χ2n) is 5.86. The van der Waals surface area contributed by atoms with Crippen LogP contribution in [0.25, 0.3) is 22.3 Å². The Morgan fingerprint density at radius 1 is 0.591 bits per heavy atom. The van der Waals surface area contributed by atoms with E-state index in [0.29, 0.717) is 5.56 Å². The van der Waals surface area contributed by atoms with Crippen LogP contribution in [0.4, 0.5) is 4.39 Å². The Kier molecular flexibility index (Phi) is 3.81. The summed E-state index contributed by atoms with van der Waals surface area (Å²) in [6, 6.07) is 19.9. The van der Waals surface area contributed by atoms with Gasteiger partial charge < -0.3 is 0 Å². The molecule has 22 heavy (non-hydrogen) atoms. The molecule has 0 heterocycles. The van der Waals surface area contributed by atoms with Crippen LogP contribution in [0.2, 0.25) is 0 Å². The summed E-state index contributed by atoms with van der Waals surface area (Å²) in [7, 11) is 0. The van der Waals surface area contributed by atoms with E-state index in [1.54, 1.807) is 6.07 Å². The van der Waals surface area contributed by atoms with Crippen molar-refractivity contribution in [1.29, 1.82) is 0 Å². The third-order valence-corrected chi connectivity index (χ3v) is 4.16. The first-order chi connectivity index (χ1) is 10.5. The second-order valence-corrected chi connectivity index (χ2v) is 5.86. The Morgan fingerprint density at radius 2 is 1.23 bits per heavy atom. The van der Waals surface area contributed by atoms with E-state index in [4.69, 9.17) is 0 Å². The fraction of sp³-hybridized carbons (Fsp3) is 0.143. The molecule has 0 radical (unpaired) electrons. The molecule has 0 aromatic heterocycles. The molecule has 0 spiro atoms. The Labute approximate surface area is 131 Å². The van der Waals surface area contributed by atoms with Crippen molar-refractivity contribution in [1.82, 2.24) is 0 Å². The van der Waals surface area contributed by atoms with Gasteiger partial charge in [-0.15, -0.1) is 0 Å². The normalized spacial score (nSPS) is 10.7. The van der Waals surface area contributed by atoms with E-state index >= 15 is 0 Å². The summed E-state index contributed by atoms with van der Waals surface area (Å²) in [5.41, 5.74) is 7.42. The molecule has 3 aromatic rings. The SMILES string of the molecule is Cc1ccc(-c2ccc(-c3ccc(C)c(C)c3)cc2)c(F)c1. The Bertz CT molecular complexity index is 814. The molecule has 1 heteroatoms. The van der Waals surface area contributed by atoms with E-state index in [9.17, 15) is 4.39 Å². The molecule has 3 aromatic carbocycles. The highest BCUT2D eigenvalue weighted by atomic mass is 19.1. The Hall–Kier alpha value is -2.41. The van der Waals surface area contributed by atoms with Crippen LogP contribution < -0.4 is 0 Å². The van der Waals surface area contributed by atoms with Gasteiger partial charge in [-0.05, 0) is 60.2 Å². The third-order valence-electron chi connectivity index (χ3n) is 4.16. The first kappa shape index (κ1) is 14.5. The maximum absolute atomic E-state index is 14.1. The van der Waals surface area contributed by atoms with Gasteiger partial charge in [0.15, 0.2) is 0 Å². The van der Waals surface area contributed by atoms with Crippen molar-refractivity contribution in [3.8, 4) is 22.3 Å². The van der Waals surface area contributed by atoms with E-state index in [1.165, 1.54) is 16.7 Å². The van der Waals surface area contributed by atoms with E-state index in [2.05, 4.69) is 44.2 Å². The van der Waals surface area contributed by atoms with Gasteiger partial charge >= 0.3 is 0 Å². The molecule has 0 unspecified atom stereocenters. The lowest BCUT2D eigenvalue weighted by Crippen LogP contribution is -1.87. The van der Waals surface area contributed by atoms with Crippen LogP contribution in [0.15, 0.2) is 60.7 Å². The lowest BCUT2D eigenvalue weighted by Gasteiger charge is -2.08. The van der Waals surface area contributed by atoms with Gasteiger partial charge in [0.05, 0.1) is 0 Å². The van der Waals surface area contributed by atoms with Gasteiger partial charge in [0.25, 0.3) is 0 Å². The summed E-state index contributed by atoms with van der Waals surface area (Å²) < 4.78 is 14.1. The summed E-state index contributed by atoms with van der Waals surface area (Å²) in [5.74, 6) is -0.168. The van der Waals surface area contributed by atoms with Crippen molar-refractivity contribution in [3.63, 3.8) is 0 Å². The maximum Gasteiger partial charge on any atom is 0.131 e. The monoisotopic (exact) mass is 290 g/mol. The van der Waals surface area contributed by atoms with Crippen molar-refractivity contribution < 1.29 is 4.39 Å². The molecule has 0 fully saturated rings. The quantitative estimate of drug-likeness (QED) is 0.536. The minimum atomic E-state index is -0.168. The average Bonchev–Trinajstić information content (AvgIpc) is 2.50. The van der Waals surface area contributed by atoms with E-state index in [1.807, 2.05) is 31.2 Å². The third kappa shape index (κ3) is 2.80. The predicted octanol–water partition coefficient (Wildman–Crippen LogP) is 6.08. The van der Waals surface area contributed by atoms with Crippen molar-refractivity contribution in [2.75, 3.05) is 0 Å². The molecule has 0 amide bonds. The molecular weight excluding hydrogens is 271 g/mol. The fourth-order valence-electron chi connectivity index (χ4n) is 2.62. The molecule has 0 aliphatic rings. The van der Waals surface area contributed by atoms with Crippen molar-refractivity contribution >= 4 is 0 Å². The minimum Gasteiger partial charge on any atom is -0.206 e. The zero-order valence-corrected chi connectivity index (χ0v) is 13.2. The number of halogens is 1. The summed E-state index contributed by atoms with van der Waals surface area (Å²) in [4.78, 5) is 0. The van der Waals surface area contributed by atoms with Crippen LogP contribution in [0.5, 0.6) is 0 Å². The van der Waals surface area contributed by atoms with Crippen LogP contribution in [-0.4, -0.2) is 0 Å². The van der Waals surface area contributed by atoms with Crippen LogP contribution in [-0.2, 0) is 0 Å². The van der Waals surface area contributed by atoms with Crippen LogP contribution in [0.1, 0.15) is 16.7 Å². The standard InChI is InChI=1S/C21H19F/c1-14-4-11-20(21(22)12-14)18-9-7-17(8-10-18)19-6-5-15(2)16(3)13-19/h4-13H,1-3H3. The number of hydrogen-bond acceptors (Lipinski definition) is 0. The maximum atomic E-state index is 14.1. The molecule has 3 rings (SSSR count). The van der Waals surface area contributed by atoms with Gasteiger partial charge in [-0.25, -0.2) is 4.39 Å². The smallest absolute Gasteiger partial charge is 0.131 e. The van der Waals surface area contributed by atoms with Crippen LogP contribution in [0.3, 0.4) is 0 Å². The summed E-state index contributed by atoms with van der Waals surface area (Å²) >= 11 is 0. The summed E-state index contributed by atoms with van der Waals surface area (Å²) in [6.07, 6.45) is 0. The van der Waals surface area contributed by atoms with Gasteiger partial charge in [-0.2, -0.15) is 0 Å². The van der Waals surface area contributed by atoms with Gasteiger partial charge in [-0.1, -0.05) is 54.6 Å². The van der Waals surface area contributed by atoms with E-state index in [0.717, 1.165) is 16.7 Å². The Balaban J connectivity index is 1.97. The molecule has 0 aliphatic carbocycles. The molecule has 0 saturated heterocycles. The van der Waals surface area contributed by atoms with Crippen molar-refractivity contribution in [2.24, 2.45) is 0 Å². The number of benzene rings is 3. The highest BCUT2D eigenvalue weighted by Gasteiger charge is 2.06.